The number of Topliss-reactive ketones (excluding diaryl/α,β-unsaturated/α-hetero) is 2. The summed E-state index contributed by atoms with van der Waals surface area (Å²) < 4.78 is 0. The fourth-order valence-electron chi connectivity index (χ4n) is 9.92. The summed E-state index contributed by atoms with van der Waals surface area (Å²) in [5.74, 6) is -8.23. The Hall–Kier alpha value is -6.55. The number of benzene rings is 2. The number of rotatable bonds is 24. The van der Waals surface area contributed by atoms with Gasteiger partial charge in [0.1, 0.15) is 24.2 Å². The van der Waals surface area contributed by atoms with Crippen molar-refractivity contribution in [3.05, 3.63) is 71.9 Å². The quantitative estimate of drug-likeness (QED) is 0.0572. The van der Waals surface area contributed by atoms with Gasteiger partial charge in [0.15, 0.2) is 11.6 Å². The first-order valence-electron chi connectivity index (χ1n) is 28.3. The molecule has 0 saturated carbocycles. The summed E-state index contributed by atoms with van der Waals surface area (Å²) in [6, 6.07) is 9.03. The summed E-state index contributed by atoms with van der Waals surface area (Å²) in [6.45, 7) is 9.17. The normalized spacial score (nSPS) is 22.5. The molecule has 1 fully saturated rings. The van der Waals surface area contributed by atoms with Gasteiger partial charge in [0, 0.05) is 61.2 Å². The number of hydrogen-bond donors (Lipinski definition) is 12. The number of aliphatic hydroxyl groups is 1. The highest BCUT2D eigenvalue weighted by molar-refractivity contribution is 5.98. The van der Waals surface area contributed by atoms with Crippen molar-refractivity contribution in [1.82, 2.24) is 42.2 Å². The molecule has 0 spiro atoms. The Labute approximate surface area is 465 Å². The van der Waals surface area contributed by atoms with Crippen LogP contribution in [-0.4, -0.2) is 132 Å². The first-order valence-corrected chi connectivity index (χ1v) is 28.3. The van der Waals surface area contributed by atoms with Crippen LogP contribution in [-0.2, 0) is 56.0 Å². The van der Waals surface area contributed by atoms with Crippen molar-refractivity contribution >= 4 is 63.8 Å². The van der Waals surface area contributed by atoms with Gasteiger partial charge in [-0.25, -0.2) is 0 Å². The van der Waals surface area contributed by atoms with E-state index in [1.807, 2.05) is 58.9 Å². The molecule has 2 aromatic carbocycles. The van der Waals surface area contributed by atoms with Crippen molar-refractivity contribution < 1.29 is 48.3 Å². The van der Waals surface area contributed by atoms with E-state index in [1.165, 1.54) is 0 Å². The topological polar surface area (TPSA) is 352 Å². The van der Waals surface area contributed by atoms with Gasteiger partial charge in [-0.1, -0.05) is 102 Å². The highest BCUT2D eigenvalue weighted by Gasteiger charge is 2.36. The molecular formula is C58H89N11O10. The highest BCUT2D eigenvalue weighted by atomic mass is 16.3. The molecule has 0 radical (unpaired) electrons. The molecule has 3 aromatic rings. The summed E-state index contributed by atoms with van der Waals surface area (Å²) in [7, 11) is 0. The third kappa shape index (κ3) is 21.9. The molecular weight excluding hydrogens is 1010 g/mol. The fraction of sp³-hybridized carbons (Fsp3) is 0.603. The maximum atomic E-state index is 14.8. The first-order chi connectivity index (χ1) is 37.8. The number of carbonyl (C=O) groups is 9. The molecule has 4 rings (SSSR count). The lowest BCUT2D eigenvalue weighted by Crippen LogP contribution is -2.59. The molecule has 15 N–H and O–H groups in total. The molecule has 79 heavy (non-hydrogen) atoms. The number of nitrogens with one attached hydrogen (secondary N) is 8. The lowest BCUT2D eigenvalue weighted by Gasteiger charge is -2.27. The maximum Gasteiger partial charge on any atom is 0.243 e. The van der Waals surface area contributed by atoms with Gasteiger partial charge in [0.05, 0.1) is 24.6 Å². The van der Waals surface area contributed by atoms with E-state index < -0.39 is 114 Å². The SMILES string of the molecule is CCCCC[C@@H](O)CC(=O)N[C@H](Cc1c[nH]c2ccccc12)C(=O)C[C@H]1CCNC(=O)[C@H](CC(C)C)NC(=O)[C@H](CCN)NC(=O)[C@H](CCN)NC(=O)[C@H](Cc2ccccc2)NC(=O)[C@@H](CC(C)C)CC(=O)[C@H](CCN)NC1=O. The number of unbranched alkanes of at least 4 members (excludes halogenated alkanes) is 2. The number of aromatic amines is 1. The van der Waals surface area contributed by atoms with Gasteiger partial charge in [-0.15, -0.1) is 0 Å². The molecule has 1 aliphatic heterocycles. The smallest absolute Gasteiger partial charge is 0.243 e. The third-order valence-corrected chi connectivity index (χ3v) is 14.2. The lowest BCUT2D eigenvalue weighted by molar-refractivity contribution is -0.136. The number of fused-ring (bicyclic) bond motifs is 1. The lowest BCUT2D eigenvalue weighted by atomic mass is 9.88. The van der Waals surface area contributed by atoms with Gasteiger partial charge in [-0.05, 0) is 93.6 Å². The van der Waals surface area contributed by atoms with Crippen LogP contribution in [0, 0.1) is 23.7 Å². The molecule has 0 unspecified atom stereocenters. The summed E-state index contributed by atoms with van der Waals surface area (Å²) in [5.41, 5.74) is 20.1. The van der Waals surface area contributed by atoms with Gasteiger partial charge in [-0.2, -0.15) is 0 Å². The second-order valence-corrected chi connectivity index (χ2v) is 21.8. The van der Waals surface area contributed by atoms with Crippen molar-refractivity contribution in [2.24, 2.45) is 40.9 Å². The molecule has 0 aliphatic carbocycles. The van der Waals surface area contributed by atoms with Crippen molar-refractivity contribution in [1.29, 1.82) is 0 Å². The number of aliphatic hydroxyl groups excluding tert-OH is 1. The second-order valence-electron chi connectivity index (χ2n) is 21.8. The van der Waals surface area contributed by atoms with Crippen LogP contribution in [0.3, 0.4) is 0 Å². The molecule has 1 aliphatic rings. The average molecular weight is 1100 g/mol. The Balaban J connectivity index is 1.78. The molecule has 21 heteroatoms. The summed E-state index contributed by atoms with van der Waals surface area (Å²) in [6.07, 6.45) is 2.76. The van der Waals surface area contributed by atoms with E-state index in [0.717, 1.165) is 35.7 Å². The number of amides is 7. The van der Waals surface area contributed by atoms with Gasteiger partial charge in [0.25, 0.3) is 0 Å². The van der Waals surface area contributed by atoms with Crippen LogP contribution in [0.1, 0.15) is 129 Å². The minimum Gasteiger partial charge on any atom is -0.393 e. The largest absolute Gasteiger partial charge is 0.393 e. The Morgan fingerprint density at radius 2 is 1.22 bits per heavy atom. The standard InChI is InChI=1S/C58H89N11O10/c1-6-7-9-16-41(70)33-52(73)64-47(30-40-34-63-43-18-13-12-17-42(40)43)51(72)31-38-22-26-62-55(76)48(28-36(4)5)69-57(78)46(21-25-61)66-56(77)45(20-24-60)67-58(79)49(29-37-14-10-8-11-15-37)68-54(75)39(27-35(2)3)32-50(71)44(19-23-59)65-53(38)74/h8,10-15,17-18,34-36,38-39,41,44-49,63,70H,6-7,9,16,19-33,59-61H2,1-5H3,(H,62,76)(H,64,73)(H,65,74)(H,66,77)(H,67,79)(H,68,75)(H,69,78)/t38-,39+,41-,44+,45+,46+,47-,48+,49+/m1/s1. The van der Waals surface area contributed by atoms with Crippen LogP contribution in [0.15, 0.2) is 60.8 Å². The van der Waals surface area contributed by atoms with Crippen molar-refractivity contribution in [2.45, 2.75) is 173 Å². The number of aromatic nitrogens is 1. The number of para-hydroxylation sites is 1. The summed E-state index contributed by atoms with van der Waals surface area (Å²) in [5, 5.41) is 31.1. The van der Waals surface area contributed by atoms with Crippen molar-refractivity contribution in [3.63, 3.8) is 0 Å². The molecule has 9 atom stereocenters. The van der Waals surface area contributed by atoms with Crippen LogP contribution in [0.2, 0.25) is 0 Å². The maximum absolute atomic E-state index is 14.8. The van der Waals surface area contributed by atoms with E-state index in [1.54, 1.807) is 36.5 Å². The van der Waals surface area contributed by atoms with Gasteiger partial charge >= 0.3 is 0 Å². The highest BCUT2D eigenvalue weighted by Crippen LogP contribution is 2.23. The van der Waals surface area contributed by atoms with E-state index in [-0.39, 0.29) is 102 Å². The Kier molecular flexibility index (Phi) is 27.8. The first kappa shape index (κ1) is 65.0. The van der Waals surface area contributed by atoms with Gasteiger partial charge in [-0.3, -0.25) is 43.2 Å². The summed E-state index contributed by atoms with van der Waals surface area (Å²) >= 11 is 0. The van der Waals surface area contributed by atoms with Gasteiger partial charge in [0.2, 0.25) is 41.4 Å². The molecule has 7 amide bonds. The zero-order valence-electron chi connectivity index (χ0n) is 46.9. The number of hydrogen-bond acceptors (Lipinski definition) is 13. The molecule has 21 nitrogen and oxygen atoms in total. The Morgan fingerprint density at radius 3 is 1.84 bits per heavy atom. The minimum absolute atomic E-state index is 0.00544. The van der Waals surface area contributed by atoms with E-state index in [9.17, 15) is 48.3 Å². The van der Waals surface area contributed by atoms with Crippen LogP contribution >= 0.6 is 0 Å². The molecule has 2 heterocycles. The van der Waals surface area contributed by atoms with E-state index in [2.05, 4.69) is 42.2 Å². The zero-order chi connectivity index (χ0) is 58.0. The fourth-order valence-corrected chi connectivity index (χ4v) is 9.92. The molecule has 1 aromatic heterocycles. The van der Waals surface area contributed by atoms with Crippen LogP contribution in [0.5, 0.6) is 0 Å². The number of carbonyl (C=O) groups excluding carboxylic acids is 9. The van der Waals surface area contributed by atoms with E-state index in [0.29, 0.717) is 12.0 Å². The monoisotopic (exact) mass is 1100 g/mol. The Morgan fingerprint density at radius 1 is 0.658 bits per heavy atom. The zero-order valence-corrected chi connectivity index (χ0v) is 46.9. The minimum atomic E-state index is -1.26. The summed E-state index contributed by atoms with van der Waals surface area (Å²) in [4.78, 5) is 132. The predicted octanol–water partition coefficient (Wildman–Crippen LogP) is 2.00. The predicted molar refractivity (Wildman–Crippen MR) is 302 cm³/mol. The second kappa shape index (κ2) is 33.8. The van der Waals surface area contributed by atoms with Crippen LogP contribution in [0.4, 0.5) is 0 Å². The molecule has 1 saturated heterocycles. The Bertz CT molecular complexity index is 2470. The third-order valence-electron chi connectivity index (χ3n) is 14.2. The van der Waals surface area contributed by atoms with Gasteiger partial charge < -0.3 is 64.5 Å². The van der Waals surface area contributed by atoms with E-state index in [4.69, 9.17) is 17.2 Å². The van der Waals surface area contributed by atoms with Crippen molar-refractivity contribution in [2.75, 3.05) is 26.2 Å². The number of H-pyrrole nitrogens is 1. The number of nitrogens with two attached hydrogens (primary N) is 3. The van der Waals surface area contributed by atoms with E-state index >= 15 is 0 Å². The molecule has 436 valence electrons. The van der Waals surface area contributed by atoms with Crippen LogP contribution < -0.4 is 54.4 Å². The van der Waals surface area contributed by atoms with Crippen LogP contribution in [0.25, 0.3) is 10.9 Å². The average Bonchev–Trinajstić information content (AvgIpc) is 3.83. The number of ketones is 2. The molecule has 0 bridgehead atoms. The van der Waals surface area contributed by atoms with Crippen molar-refractivity contribution in [3.8, 4) is 0 Å².